The highest BCUT2D eigenvalue weighted by atomic mass is 19.1. The van der Waals surface area contributed by atoms with Crippen LogP contribution in [-0.4, -0.2) is 29.5 Å². The number of urea groups is 1. The third kappa shape index (κ3) is 5.03. The predicted molar refractivity (Wildman–Crippen MR) is 93.8 cm³/mol. The van der Waals surface area contributed by atoms with Crippen molar-refractivity contribution >= 4 is 6.03 Å². The van der Waals surface area contributed by atoms with Crippen LogP contribution in [0.4, 0.5) is 9.18 Å². The van der Waals surface area contributed by atoms with E-state index in [1.807, 2.05) is 18.5 Å². The summed E-state index contributed by atoms with van der Waals surface area (Å²) in [7, 11) is 1.65. The minimum Gasteiger partial charge on any atom is -0.383 e. The number of ether oxygens (including phenoxy) is 1. The molecule has 2 rings (SSSR count). The monoisotopic (exact) mass is 348 g/mol. The van der Waals surface area contributed by atoms with Crippen LogP contribution in [0.1, 0.15) is 28.1 Å². The largest absolute Gasteiger partial charge is 0.383 e. The van der Waals surface area contributed by atoms with Gasteiger partial charge < -0.3 is 15.4 Å². The van der Waals surface area contributed by atoms with Crippen LogP contribution in [0.5, 0.6) is 0 Å². The number of halogens is 1. The van der Waals surface area contributed by atoms with Crippen molar-refractivity contribution in [1.29, 1.82) is 0 Å². The summed E-state index contributed by atoms with van der Waals surface area (Å²) in [6.45, 7) is 7.62. The summed E-state index contributed by atoms with van der Waals surface area (Å²) in [4.78, 5) is 12.0. The Morgan fingerprint density at radius 2 is 1.96 bits per heavy atom. The molecule has 0 spiro atoms. The fourth-order valence-corrected chi connectivity index (χ4v) is 2.62. The van der Waals surface area contributed by atoms with E-state index in [0.29, 0.717) is 31.8 Å². The first-order valence-corrected chi connectivity index (χ1v) is 8.21. The van der Waals surface area contributed by atoms with Crippen LogP contribution in [0.25, 0.3) is 0 Å². The lowest BCUT2D eigenvalue weighted by Crippen LogP contribution is -2.34. The van der Waals surface area contributed by atoms with Crippen LogP contribution in [0, 0.1) is 26.6 Å². The summed E-state index contributed by atoms with van der Waals surface area (Å²) >= 11 is 0. The molecule has 6 nitrogen and oxygen atoms in total. The van der Waals surface area contributed by atoms with Gasteiger partial charge in [-0.05, 0) is 38.0 Å². The van der Waals surface area contributed by atoms with Crippen molar-refractivity contribution < 1.29 is 13.9 Å². The van der Waals surface area contributed by atoms with Crippen molar-refractivity contribution in [2.75, 3.05) is 13.7 Å². The molecule has 0 atom stereocenters. The molecular formula is C18H25FN4O2. The molecule has 0 aliphatic rings. The van der Waals surface area contributed by atoms with Crippen LogP contribution in [0.2, 0.25) is 0 Å². The van der Waals surface area contributed by atoms with Crippen molar-refractivity contribution in [1.82, 2.24) is 20.4 Å². The quantitative estimate of drug-likeness (QED) is 0.808. The molecule has 0 saturated carbocycles. The maximum atomic E-state index is 13.2. The van der Waals surface area contributed by atoms with Crippen LogP contribution >= 0.6 is 0 Å². The molecule has 0 aliphatic heterocycles. The van der Waals surface area contributed by atoms with E-state index in [-0.39, 0.29) is 11.8 Å². The number of nitrogens with zero attached hydrogens (tertiary/aromatic N) is 2. The second-order valence-electron chi connectivity index (χ2n) is 5.99. The minimum absolute atomic E-state index is 0.246. The molecule has 136 valence electrons. The average molecular weight is 348 g/mol. The lowest BCUT2D eigenvalue weighted by atomic mass is 10.1. The highest BCUT2D eigenvalue weighted by Crippen LogP contribution is 2.13. The van der Waals surface area contributed by atoms with Crippen molar-refractivity contribution in [2.45, 2.75) is 40.4 Å². The van der Waals surface area contributed by atoms with Gasteiger partial charge in [-0.3, -0.25) is 4.68 Å². The number of hydrogen-bond acceptors (Lipinski definition) is 3. The Balaban J connectivity index is 1.87. The van der Waals surface area contributed by atoms with Crippen molar-refractivity contribution in [3.05, 3.63) is 52.1 Å². The van der Waals surface area contributed by atoms with Gasteiger partial charge in [-0.2, -0.15) is 5.10 Å². The van der Waals surface area contributed by atoms with Crippen LogP contribution < -0.4 is 10.6 Å². The molecule has 1 aromatic heterocycles. The molecule has 2 aromatic rings. The number of carbonyl (C=O) groups excluding carboxylic acids is 1. The Labute approximate surface area is 147 Å². The number of nitrogens with one attached hydrogen (secondary N) is 2. The second kappa shape index (κ2) is 8.62. The third-order valence-corrected chi connectivity index (χ3v) is 4.14. The molecule has 0 fully saturated rings. The average Bonchev–Trinajstić information content (AvgIpc) is 2.85. The van der Waals surface area contributed by atoms with Crippen LogP contribution in [0.15, 0.2) is 18.2 Å². The van der Waals surface area contributed by atoms with E-state index in [1.165, 1.54) is 6.07 Å². The topological polar surface area (TPSA) is 68.2 Å². The van der Waals surface area contributed by atoms with E-state index < -0.39 is 0 Å². The number of aromatic nitrogens is 2. The molecule has 2 amide bonds. The lowest BCUT2D eigenvalue weighted by Gasteiger charge is -2.09. The summed E-state index contributed by atoms with van der Waals surface area (Å²) in [6, 6.07) is 4.52. The highest BCUT2D eigenvalue weighted by Gasteiger charge is 2.12. The van der Waals surface area contributed by atoms with E-state index >= 15 is 0 Å². The molecule has 0 saturated heterocycles. The fourth-order valence-electron chi connectivity index (χ4n) is 2.62. The normalized spacial score (nSPS) is 10.8. The maximum Gasteiger partial charge on any atom is 0.315 e. The Morgan fingerprint density at radius 3 is 2.64 bits per heavy atom. The van der Waals surface area contributed by atoms with Gasteiger partial charge >= 0.3 is 6.03 Å². The van der Waals surface area contributed by atoms with Crippen LogP contribution in [0.3, 0.4) is 0 Å². The van der Waals surface area contributed by atoms with E-state index in [1.54, 1.807) is 26.2 Å². The predicted octanol–water partition coefficient (Wildman–Crippen LogP) is 2.59. The summed E-state index contributed by atoms with van der Waals surface area (Å²) in [5, 5.41) is 10.1. The molecular weight excluding hydrogens is 323 g/mol. The number of methoxy groups -OCH3 is 1. The van der Waals surface area contributed by atoms with Gasteiger partial charge in [0.15, 0.2) is 0 Å². The molecule has 7 heteroatoms. The van der Waals surface area contributed by atoms with Crippen molar-refractivity contribution in [3.8, 4) is 0 Å². The molecule has 0 bridgehead atoms. The Morgan fingerprint density at radius 1 is 1.24 bits per heavy atom. The summed E-state index contributed by atoms with van der Waals surface area (Å²) < 4.78 is 20.2. The van der Waals surface area contributed by atoms with E-state index in [9.17, 15) is 9.18 Å². The Kier molecular flexibility index (Phi) is 6.52. The van der Waals surface area contributed by atoms with Gasteiger partial charge in [0.25, 0.3) is 0 Å². The van der Waals surface area contributed by atoms with E-state index in [0.717, 1.165) is 22.5 Å². The maximum absolute atomic E-state index is 13.2. The van der Waals surface area contributed by atoms with Gasteiger partial charge in [0.2, 0.25) is 0 Å². The van der Waals surface area contributed by atoms with Crippen molar-refractivity contribution in [2.24, 2.45) is 0 Å². The Bertz CT molecular complexity index is 743. The number of aryl methyl sites for hydroxylation is 2. The first kappa shape index (κ1) is 18.9. The third-order valence-electron chi connectivity index (χ3n) is 4.14. The molecule has 0 unspecified atom stereocenters. The minimum atomic E-state index is -0.273. The van der Waals surface area contributed by atoms with Gasteiger partial charge in [0.05, 0.1) is 18.8 Å². The summed E-state index contributed by atoms with van der Waals surface area (Å²) in [5.41, 5.74) is 4.33. The smallest absolute Gasteiger partial charge is 0.315 e. The molecule has 2 N–H and O–H groups in total. The Hall–Kier alpha value is -2.41. The van der Waals surface area contributed by atoms with Gasteiger partial charge in [-0.1, -0.05) is 12.1 Å². The standard InChI is InChI=1S/C18H25FN4O2/c1-12-9-15(5-6-17(12)19)10-20-18(24)21-11-16-13(2)22-23(14(16)3)7-8-25-4/h5-6,9H,7-8,10-11H2,1-4H3,(H2,20,21,24). The summed E-state index contributed by atoms with van der Waals surface area (Å²) in [5.74, 6) is -0.246. The van der Waals surface area contributed by atoms with Gasteiger partial charge in [-0.25, -0.2) is 9.18 Å². The zero-order chi connectivity index (χ0) is 18.4. The number of hydrogen-bond donors (Lipinski definition) is 2. The molecule has 0 radical (unpaired) electrons. The molecule has 0 aliphatic carbocycles. The number of carbonyl (C=O) groups is 1. The fraction of sp³-hybridized carbons (Fsp3) is 0.444. The zero-order valence-electron chi connectivity index (χ0n) is 15.1. The van der Waals surface area contributed by atoms with E-state index in [4.69, 9.17) is 4.74 Å². The lowest BCUT2D eigenvalue weighted by molar-refractivity contribution is 0.182. The SMILES string of the molecule is COCCn1nc(C)c(CNC(=O)NCc2ccc(F)c(C)c2)c1C. The van der Waals surface area contributed by atoms with Gasteiger partial charge in [0.1, 0.15) is 5.82 Å². The van der Waals surface area contributed by atoms with Crippen molar-refractivity contribution in [3.63, 3.8) is 0 Å². The first-order chi connectivity index (χ1) is 11.9. The zero-order valence-corrected chi connectivity index (χ0v) is 15.1. The second-order valence-corrected chi connectivity index (χ2v) is 5.99. The molecule has 1 aromatic carbocycles. The molecule has 25 heavy (non-hydrogen) atoms. The highest BCUT2D eigenvalue weighted by molar-refractivity contribution is 5.73. The van der Waals surface area contributed by atoms with Crippen LogP contribution in [-0.2, 0) is 24.4 Å². The van der Waals surface area contributed by atoms with Gasteiger partial charge in [0, 0.05) is 31.5 Å². The number of rotatable bonds is 7. The van der Waals surface area contributed by atoms with E-state index in [2.05, 4.69) is 15.7 Å². The van der Waals surface area contributed by atoms with Gasteiger partial charge in [-0.15, -0.1) is 0 Å². The number of amides is 2. The summed E-state index contributed by atoms with van der Waals surface area (Å²) in [6.07, 6.45) is 0. The molecule has 1 heterocycles. The first-order valence-electron chi connectivity index (χ1n) is 8.21. The number of benzene rings is 1.